The van der Waals surface area contributed by atoms with Crippen molar-refractivity contribution in [2.24, 2.45) is 10.7 Å². The van der Waals surface area contributed by atoms with Crippen LogP contribution in [0.4, 0.5) is 18.9 Å². The van der Waals surface area contributed by atoms with Crippen molar-refractivity contribution in [1.29, 1.82) is 0 Å². The van der Waals surface area contributed by atoms with E-state index >= 15 is 0 Å². The Morgan fingerprint density at radius 2 is 1.94 bits per heavy atom. The lowest BCUT2D eigenvalue weighted by Gasteiger charge is -2.07. The molecule has 0 unspecified atom stereocenters. The minimum Gasteiger partial charge on any atom is -0.370 e. The normalized spacial score (nSPS) is 16.3. The van der Waals surface area contributed by atoms with Crippen LogP contribution in [0.1, 0.15) is 12.8 Å². The van der Waals surface area contributed by atoms with Gasteiger partial charge in [0.05, 0.1) is 11.7 Å². The summed E-state index contributed by atoms with van der Waals surface area (Å²) in [5, 5.41) is 2.40. The van der Waals surface area contributed by atoms with Crippen molar-refractivity contribution < 1.29 is 13.2 Å². The second kappa shape index (κ2) is 4.03. The summed E-state index contributed by atoms with van der Waals surface area (Å²) < 4.78 is 38.6. The van der Waals surface area contributed by atoms with Crippen LogP contribution in [-0.2, 0) is 0 Å². The summed E-state index contributed by atoms with van der Waals surface area (Å²) in [4.78, 5) is 3.98. The van der Waals surface area contributed by atoms with E-state index < -0.39 is 17.5 Å². The van der Waals surface area contributed by atoms with Crippen molar-refractivity contribution in [3.63, 3.8) is 0 Å². The zero-order valence-electron chi connectivity index (χ0n) is 8.30. The molecule has 3 nitrogen and oxygen atoms in total. The van der Waals surface area contributed by atoms with Crippen molar-refractivity contribution in [1.82, 2.24) is 0 Å². The van der Waals surface area contributed by atoms with E-state index in [-0.39, 0.29) is 17.7 Å². The molecule has 1 fully saturated rings. The topological polar surface area (TPSA) is 50.4 Å². The predicted octanol–water partition coefficient (Wildman–Crippen LogP) is 1.99. The molecule has 0 atom stereocenters. The van der Waals surface area contributed by atoms with E-state index in [0.29, 0.717) is 0 Å². The molecule has 1 aromatic rings. The van der Waals surface area contributed by atoms with Gasteiger partial charge in [-0.25, -0.2) is 18.2 Å². The lowest BCUT2D eigenvalue weighted by Crippen LogP contribution is -2.24. The first-order valence-corrected chi connectivity index (χ1v) is 4.81. The SMILES string of the molecule is NC(=NC1CC1)Nc1ccc(F)c(F)c1F. The lowest BCUT2D eigenvalue weighted by molar-refractivity contribution is 0.449. The fourth-order valence-electron chi connectivity index (χ4n) is 1.19. The molecule has 86 valence electrons. The van der Waals surface area contributed by atoms with Crippen molar-refractivity contribution in [2.45, 2.75) is 18.9 Å². The van der Waals surface area contributed by atoms with Gasteiger partial charge in [-0.05, 0) is 25.0 Å². The number of nitrogens with two attached hydrogens (primary N) is 1. The van der Waals surface area contributed by atoms with E-state index in [1.165, 1.54) is 0 Å². The van der Waals surface area contributed by atoms with E-state index in [2.05, 4.69) is 10.3 Å². The fourth-order valence-corrected chi connectivity index (χ4v) is 1.19. The number of anilines is 1. The molecule has 0 heterocycles. The molecule has 1 saturated carbocycles. The largest absolute Gasteiger partial charge is 0.370 e. The second-order valence-corrected chi connectivity index (χ2v) is 3.59. The van der Waals surface area contributed by atoms with Gasteiger partial charge in [0.15, 0.2) is 23.4 Å². The molecule has 1 aromatic carbocycles. The predicted molar refractivity (Wildman–Crippen MR) is 54.6 cm³/mol. The maximum atomic E-state index is 13.2. The average Bonchev–Trinajstić information content (AvgIpc) is 3.03. The standard InChI is InChI=1S/C10H10F3N3/c11-6-3-4-7(9(13)8(6)12)16-10(14)15-5-1-2-5/h3-5H,1-2H2,(H3,14,15,16). The van der Waals surface area contributed by atoms with Crippen LogP contribution in [0, 0.1) is 17.5 Å². The molecule has 0 aromatic heterocycles. The Morgan fingerprint density at radius 3 is 2.56 bits per heavy atom. The number of hydrogen-bond donors (Lipinski definition) is 2. The third kappa shape index (κ3) is 2.26. The van der Waals surface area contributed by atoms with Gasteiger partial charge < -0.3 is 11.1 Å². The summed E-state index contributed by atoms with van der Waals surface area (Å²) in [5.74, 6) is -4.05. The van der Waals surface area contributed by atoms with Crippen LogP contribution in [-0.4, -0.2) is 12.0 Å². The van der Waals surface area contributed by atoms with Gasteiger partial charge in [0, 0.05) is 0 Å². The number of nitrogens with zero attached hydrogens (tertiary/aromatic N) is 1. The van der Waals surface area contributed by atoms with Gasteiger partial charge >= 0.3 is 0 Å². The third-order valence-corrected chi connectivity index (χ3v) is 2.17. The second-order valence-electron chi connectivity index (χ2n) is 3.59. The number of halogens is 3. The van der Waals surface area contributed by atoms with Gasteiger partial charge in [0.25, 0.3) is 0 Å². The Kier molecular flexibility index (Phi) is 2.72. The number of aliphatic imine (C=N–C) groups is 1. The van der Waals surface area contributed by atoms with E-state index in [1.807, 2.05) is 0 Å². The van der Waals surface area contributed by atoms with E-state index in [9.17, 15) is 13.2 Å². The van der Waals surface area contributed by atoms with Crippen LogP contribution in [0.25, 0.3) is 0 Å². The number of rotatable bonds is 2. The highest BCUT2D eigenvalue weighted by atomic mass is 19.2. The molecule has 0 amide bonds. The van der Waals surface area contributed by atoms with Crippen molar-refractivity contribution in [3.05, 3.63) is 29.6 Å². The van der Waals surface area contributed by atoms with Gasteiger partial charge in [-0.15, -0.1) is 0 Å². The van der Waals surface area contributed by atoms with Gasteiger partial charge in [-0.3, -0.25) is 0 Å². The first-order chi connectivity index (χ1) is 7.58. The summed E-state index contributed by atoms with van der Waals surface area (Å²) in [5.41, 5.74) is 5.24. The van der Waals surface area contributed by atoms with Gasteiger partial charge in [-0.2, -0.15) is 0 Å². The Morgan fingerprint density at radius 1 is 1.25 bits per heavy atom. The highest BCUT2D eigenvalue weighted by Gasteiger charge is 2.21. The quantitative estimate of drug-likeness (QED) is 0.463. The number of benzene rings is 1. The molecule has 0 spiro atoms. The molecule has 2 rings (SSSR count). The molecule has 0 radical (unpaired) electrons. The molecule has 16 heavy (non-hydrogen) atoms. The number of guanidine groups is 1. The summed E-state index contributed by atoms with van der Waals surface area (Å²) in [6.45, 7) is 0. The molecule has 6 heteroatoms. The summed E-state index contributed by atoms with van der Waals surface area (Å²) >= 11 is 0. The molecule has 0 bridgehead atoms. The summed E-state index contributed by atoms with van der Waals surface area (Å²) in [6, 6.07) is 2.06. The summed E-state index contributed by atoms with van der Waals surface area (Å²) in [6.07, 6.45) is 1.89. The van der Waals surface area contributed by atoms with E-state index in [4.69, 9.17) is 5.73 Å². The molecular formula is C10H10F3N3. The zero-order chi connectivity index (χ0) is 11.7. The van der Waals surface area contributed by atoms with Crippen LogP contribution < -0.4 is 11.1 Å². The molecule has 3 N–H and O–H groups in total. The fraction of sp³-hybridized carbons (Fsp3) is 0.300. The van der Waals surface area contributed by atoms with Crippen molar-refractivity contribution >= 4 is 11.6 Å². The molecular weight excluding hydrogens is 219 g/mol. The van der Waals surface area contributed by atoms with Gasteiger partial charge in [0.1, 0.15) is 0 Å². The highest BCUT2D eigenvalue weighted by molar-refractivity contribution is 5.92. The van der Waals surface area contributed by atoms with Gasteiger partial charge in [0.2, 0.25) is 0 Å². The van der Waals surface area contributed by atoms with E-state index in [1.54, 1.807) is 0 Å². The van der Waals surface area contributed by atoms with Crippen molar-refractivity contribution in [2.75, 3.05) is 5.32 Å². The van der Waals surface area contributed by atoms with Crippen LogP contribution >= 0.6 is 0 Å². The van der Waals surface area contributed by atoms with Crippen molar-refractivity contribution in [3.8, 4) is 0 Å². The smallest absolute Gasteiger partial charge is 0.196 e. The zero-order valence-corrected chi connectivity index (χ0v) is 8.30. The molecule has 1 aliphatic carbocycles. The molecule has 0 aliphatic heterocycles. The van der Waals surface area contributed by atoms with Crippen LogP contribution in [0.2, 0.25) is 0 Å². The Labute approximate surface area is 90.2 Å². The first kappa shape index (κ1) is 10.8. The van der Waals surface area contributed by atoms with E-state index in [0.717, 1.165) is 25.0 Å². The molecule has 0 saturated heterocycles. The Hall–Kier alpha value is -1.72. The minimum absolute atomic E-state index is 0.00686. The monoisotopic (exact) mass is 229 g/mol. The lowest BCUT2D eigenvalue weighted by atomic mass is 10.3. The first-order valence-electron chi connectivity index (χ1n) is 4.81. The highest BCUT2D eigenvalue weighted by Crippen LogP contribution is 2.24. The Bertz CT molecular complexity index is 441. The van der Waals surface area contributed by atoms with Gasteiger partial charge in [-0.1, -0.05) is 0 Å². The Balaban J connectivity index is 2.17. The number of nitrogens with one attached hydrogen (secondary N) is 1. The molecule has 1 aliphatic rings. The number of hydrogen-bond acceptors (Lipinski definition) is 1. The van der Waals surface area contributed by atoms with Crippen LogP contribution in [0.15, 0.2) is 17.1 Å². The third-order valence-electron chi connectivity index (χ3n) is 2.17. The van der Waals surface area contributed by atoms with Crippen LogP contribution in [0.5, 0.6) is 0 Å². The average molecular weight is 229 g/mol. The summed E-state index contributed by atoms with van der Waals surface area (Å²) in [7, 11) is 0. The maximum absolute atomic E-state index is 13.2. The maximum Gasteiger partial charge on any atom is 0.196 e. The van der Waals surface area contributed by atoms with Crippen LogP contribution in [0.3, 0.4) is 0 Å². The minimum atomic E-state index is -1.52.